The normalized spacial score (nSPS) is 11.8. The van der Waals surface area contributed by atoms with Crippen LogP contribution >= 0.6 is 22.6 Å². The van der Waals surface area contributed by atoms with Crippen LogP contribution < -0.4 is 10.0 Å². The number of aromatic amines is 1. The lowest BCUT2D eigenvalue weighted by atomic mass is 10.3. The Bertz CT molecular complexity index is 695. The number of aromatic nitrogens is 2. The summed E-state index contributed by atoms with van der Waals surface area (Å²) in [6, 6.07) is 7.39. The Morgan fingerprint density at radius 2 is 1.95 bits per heavy atom. The van der Waals surface area contributed by atoms with Crippen molar-refractivity contribution in [1.82, 2.24) is 15.5 Å². The van der Waals surface area contributed by atoms with Gasteiger partial charge in [-0.15, -0.1) is 0 Å². The number of H-pyrrole nitrogens is 1. The number of rotatable bonds is 6. The summed E-state index contributed by atoms with van der Waals surface area (Å²) >= 11 is 2.16. The molecule has 0 amide bonds. The quantitative estimate of drug-likeness (QED) is 0.627. The van der Waals surface area contributed by atoms with Crippen LogP contribution in [0.5, 0.6) is 0 Å². The minimum atomic E-state index is -3.67. The van der Waals surface area contributed by atoms with Crippen LogP contribution in [0.15, 0.2) is 35.5 Å². The molecule has 1 aromatic carbocycles. The number of halogens is 1. The first-order chi connectivity index (χ1) is 9.88. The SMILES string of the molecule is CC(C)NCc1cn[nH]c1S(=O)(=O)Nc1ccc(I)cc1. The molecule has 0 atom stereocenters. The average molecular weight is 420 g/mol. The molecule has 2 rings (SSSR count). The van der Waals surface area contributed by atoms with Crippen molar-refractivity contribution in [2.75, 3.05) is 4.72 Å². The Morgan fingerprint density at radius 1 is 1.29 bits per heavy atom. The van der Waals surface area contributed by atoms with Gasteiger partial charge in [-0.05, 0) is 46.9 Å². The Hall–Kier alpha value is -1.13. The van der Waals surface area contributed by atoms with Crippen LogP contribution in [0.4, 0.5) is 5.69 Å². The zero-order valence-electron chi connectivity index (χ0n) is 11.7. The van der Waals surface area contributed by atoms with Crippen LogP contribution in [0.2, 0.25) is 0 Å². The summed E-state index contributed by atoms with van der Waals surface area (Å²) in [6.07, 6.45) is 1.53. The Labute approximate surface area is 137 Å². The molecule has 8 heteroatoms. The van der Waals surface area contributed by atoms with Gasteiger partial charge in [-0.25, -0.2) is 0 Å². The lowest BCUT2D eigenvalue weighted by Crippen LogP contribution is -2.23. The predicted octanol–water partition coefficient (Wildman–Crippen LogP) is 2.31. The van der Waals surface area contributed by atoms with Crippen molar-refractivity contribution < 1.29 is 8.42 Å². The Kier molecular flexibility index (Phi) is 5.22. The first kappa shape index (κ1) is 16.2. The summed E-state index contributed by atoms with van der Waals surface area (Å²) in [4.78, 5) is 0. The van der Waals surface area contributed by atoms with Crippen LogP contribution in [-0.4, -0.2) is 24.7 Å². The van der Waals surface area contributed by atoms with Crippen molar-refractivity contribution in [3.8, 4) is 0 Å². The fraction of sp³-hybridized carbons (Fsp3) is 0.308. The smallest absolute Gasteiger partial charge is 0.279 e. The number of nitrogens with zero attached hydrogens (tertiary/aromatic N) is 1. The molecular weight excluding hydrogens is 403 g/mol. The van der Waals surface area contributed by atoms with E-state index in [9.17, 15) is 8.42 Å². The van der Waals surface area contributed by atoms with Gasteiger partial charge in [0.25, 0.3) is 10.0 Å². The number of nitrogens with one attached hydrogen (secondary N) is 3. The maximum atomic E-state index is 12.4. The fourth-order valence-electron chi connectivity index (χ4n) is 1.70. The van der Waals surface area contributed by atoms with E-state index in [0.29, 0.717) is 17.8 Å². The van der Waals surface area contributed by atoms with E-state index in [-0.39, 0.29) is 11.1 Å². The van der Waals surface area contributed by atoms with Crippen LogP contribution in [0, 0.1) is 3.57 Å². The number of anilines is 1. The highest BCUT2D eigenvalue weighted by molar-refractivity contribution is 14.1. The number of hydrogen-bond acceptors (Lipinski definition) is 4. The predicted molar refractivity (Wildman–Crippen MR) is 90.5 cm³/mol. The Balaban J connectivity index is 2.19. The molecule has 0 aliphatic heterocycles. The molecule has 1 heterocycles. The van der Waals surface area contributed by atoms with E-state index in [4.69, 9.17) is 0 Å². The summed E-state index contributed by atoms with van der Waals surface area (Å²) in [7, 11) is -3.67. The monoisotopic (exact) mass is 420 g/mol. The first-order valence-electron chi connectivity index (χ1n) is 6.42. The second kappa shape index (κ2) is 6.75. The zero-order valence-corrected chi connectivity index (χ0v) is 14.7. The molecule has 21 heavy (non-hydrogen) atoms. The second-order valence-electron chi connectivity index (χ2n) is 4.87. The second-order valence-corrected chi connectivity index (χ2v) is 7.74. The van der Waals surface area contributed by atoms with E-state index in [1.54, 1.807) is 12.1 Å². The molecular formula is C13H17IN4O2S. The number of hydrogen-bond donors (Lipinski definition) is 3. The van der Waals surface area contributed by atoms with Gasteiger partial charge >= 0.3 is 0 Å². The van der Waals surface area contributed by atoms with E-state index in [1.165, 1.54) is 6.20 Å². The third kappa shape index (κ3) is 4.42. The first-order valence-corrected chi connectivity index (χ1v) is 8.98. The average Bonchev–Trinajstić information content (AvgIpc) is 2.88. The van der Waals surface area contributed by atoms with Gasteiger partial charge in [0.15, 0.2) is 5.03 Å². The molecule has 0 aliphatic carbocycles. The van der Waals surface area contributed by atoms with Crippen molar-refractivity contribution in [2.24, 2.45) is 0 Å². The van der Waals surface area contributed by atoms with Crippen LogP contribution in [-0.2, 0) is 16.6 Å². The van der Waals surface area contributed by atoms with Crippen molar-refractivity contribution in [1.29, 1.82) is 0 Å². The minimum absolute atomic E-state index is 0.0919. The van der Waals surface area contributed by atoms with Gasteiger partial charge in [0.05, 0.1) is 6.20 Å². The molecule has 0 bridgehead atoms. The molecule has 0 spiro atoms. The molecule has 0 aliphatic rings. The lowest BCUT2D eigenvalue weighted by molar-refractivity contribution is 0.574. The number of benzene rings is 1. The molecule has 0 fully saturated rings. The highest BCUT2D eigenvalue weighted by Crippen LogP contribution is 2.18. The lowest BCUT2D eigenvalue weighted by Gasteiger charge is -2.10. The molecule has 0 radical (unpaired) electrons. The van der Waals surface area contributed by atoms with Crippen molar-refractivity contribution >= 4 is 38.3 Å². The van der Waals surface area contributed by atoms with Crippen LogP contribution in [0.25, 0.3) is 0 Å². The van der Waals surface area contributed by atoms with E-state index >= 15 is 0 Å². The van der Waals surface area contributed by atoms with Gasteiger partial charge < -0.3 is 5.32 Å². The maximum absolute atomic E-state index is 12.4. The summed E-state index contributed by atoms with van der Waals surface area (Å²) < 4.78 is 28.4. The van der Waals surface area contributed by atoms with E-state index < -0.39 is 10.0 Å². The Morgan fingerprint density at radius 3 is 2.57 bits per heavy atom. The maximum Gasteiger partial charge on any atom is 0.279 e. The van der Waals surface area contributed by atoms with Gasteiger partial charge in [-0.2, -0.15) is 13.5 Å². The fourth-order valence-corrected chi connectivity index (χ4v) is 3.25. The topological polar surface area (TPSA) is 86.9 Å². The highest BCUT2D eigenvalue weighted by Gasteiger charge is 2.20. The highest BCUT2D eigenvalue weighted by atomic mass is 127. The van der Waals surface area contributed by atoms with E-state index in [0.717, 1.165) is 3.57 Å². The van der Waals surface area contributed by atoms with Gasteiger partial charge in [0.1, 0.15) is 0 Å². The van der Waals surface area contributed by atoms with Crippen molar-refractivity contribution in [3.05, 3.63) is 39.6 Å². The summed E-state index contributed by atoms with van der Waals surface area (Å²) in [6.45, 7) is 4.44. The third-order valence-electron chi connectivity index (χ3n) is 2.74. The van der Waals surface area contributed by atoms with Gasteiger partial charge in [0.2, 0.25) is 0 Å². The molecule has 0 saturated heterocycles. The van der Waals surface area contributed by atoms with Crippen LogP contribution in [0.1, 0.15) is 19.4 Å². The van der Waals surface area contributed by atoms with Gasteiger partial charge in [-0.3, -0.25) is 9.82 Å². The summed E-state index contributed by atoms with van der Waals surface area (Å²) in [5.74, 6) is 0. The summed E-state index contributed by atoms with van der Waals surface area (Å²) in [5, 5.41) is 9.67. The molecule has 2 aromatic rings. The number of sulfonamides is 1. The molecule has 0 unspecified atom stereocenters. The van der Waals surface area contributed by atoms with Crippen LogP contribution in [0.3, 0.4) is 0 Å². The summed E-state index contributed by atoms with van der Waals surface area (Å²) in [5.41, 5.74) is 1.13. The standard InChI is InChI=1S/C13H17IN4O2S/c1-9(2)15-7-10-8-16-17-13(10)21(19,20)18-12-5-3-11(14)4-6-12/h3-6,8-9,15,18H,7H2,1-2H3,(H,16,17). The minimum Gasteiger partial charge on any atom is -0.310 e. The zero-order chi connectivity index (χ0) is 15.5. The molecule has 3 N–H and O–H groups in total. The largest absolute Gasteiger partial charge is 0.310 e. The van der Waals surface area contributed by atoms with Gasteiger partial charge in [-0.1, -0.05) is 13.8 Å². The van der Waals surface area contributed by atoms with Crippen molar-refractivity contribution in [3.63, 3.8) is 0 Å². The van der Waals surface area contributed by atoms with E-state index in [2.05, 4.69) is 42.8 Å². The molecule has 1 aromatic heterocycles. The van der Waals surface area contributed by atoms with E-state index in [1.807, 2.05) is 26.0 Å². The van der Waals surface area contributed by atoms with Gasteiger partial charge in [0, 0.05) is 27.4 Å². The van der Waals surface area contributed by atoms with Crippen molar-refractivity contribution in [2.45, 2.75) is 31.5 Å². The third-order valence-corrected chi connectivity index (χ3v) is 4.86. The molecule has 6 nitrogen and oxygen atoms in total. The molecule has 114 valence electrons. The molecule has 0 saturated carbocycles.